The molecule has 1 aromatic rings. The fourth-order valence-electron chi connectivity index (χ4n) is 1.67. The van der Waals surface area contributed by atoms with Crippen LogP contribution in [-0.4, -0.2) is 27.4 Å². The average Bonchev–Trinajstić information content (AvgIpc) is 2.38. The molecular formula is C13H21N3O3S. The van der Waals surface area contributed by atoms with Crippen molar-refractivity contribution in [2.24, 2.45) is 11.7 Å². The lowest BCUT2D eigenvalue weighted by Gasteiger charge is -2.13. The molecule has 1 atom stereocenters. The zero-order chi connectivity index (χ0) is 15.2. The number of para-hydroxylation sites is 1. The first kappa shape index (κ1) is 16.6. The van der Waals surface area contributed by atoms with Gasteiger partial charge in [0, 0.05) is 13.0 Å². The van der Waals surface area contributed by atoms with E-state index >= 15 is 0 Å². The summed E-state index contributed by atoms with van der Waals surface area (Å²) in [5.41, 5.74) is 5.75. The van der Waals surface area contributed by atoms with Gasteiger partial charge in [0.05, 0.1) is 5.69 Å². The van der Waals surface area contributed by atoms with Crippen LogP contribution in [0.25, 0.3) is 0 Å². The normalized spacial score (nSPS) is 12.9. The summed E-state index contributed by atoms with van der Waals surface area (Å²) in [5, 5.41) is 2.63. The number of hydrogen-bond acceptors (Lipinski definition) is 4. The van der Waals surface area contributed by atoms with Gasteiger partial charge in [-0.3, -0.25) is 4.79 Å². The Kier molecular flexibility index (Phi) is 6.12. The molecule has 0 aliphatic rings. The van der Waals surface area contributed by atoms with Crippen molar-refractivity contribution in [3.63, 3.8) is 0 Å². The zero-order valence-corrected chi connectivity index (χ0v) is 12.5. The van der Waals surface area contributed by atoms with Crippen LogP contribution in [0.3, 0.4) is 0 Å². The highest BCUT2D eigenvalue weighted by Crippen LogP contribution is 2.21. The maximum Gasteiger partial charge on any atom is 0.242 e. The molecule has 0 saturated carbocycles. The van der Waals surface area contributed by atoms with Crippen LogP contribution in [0.4, 0.5) is 5.69 Å². The molecule has 0 aliphatic carbocycles. The van der Waals surface area contributed by atoms with Crippen molar-refractivity contribution in [1.29, 1.82) is 0 Å². The van der Waals surface area contributed by atoms with Gasteiger partial charge in [-0.25, -0.2) is 13.1 Å². The van der Waals surface area contributed by atoms with E-state index in [-0.39, 0.29) is 35.4 Å². The number of nitrogens with two attached hydrogens (primary N) is 1. The summed E-state index contributed by atoms with van der Waals surface area (Å²) in [4.78, 5) is 11.9. The van der Waals surface area contributed by atoms with Crippen LogP contribution in [0.1, 0.15) is 20.3 Å². The van der Waals surface area contributed by atoms with E-state index in [1.54, 1.807) is 25.1 Å². The average molecular weight is 299 g/mol. The number of sulfonamides is 1. The molecule has 0 fully saturated rings. The molecule has 112 valence electrons. The van der Waals surface area contributed by atoms with Gasteiger partial charge in [-0.2, -0.15) is 0 Å². The number of anilines is 1. The van der Waals surface area contributed by atoms with E-state index in [1.165, 1.54) is 6.07 Å². The van der Waals surface area contributed by atoms with E-state index in [2.05, 4.69) is 10.0 Å². The van der Waals surface area contributed by atoms with Crippen molar-refractivity contribution in [3.05, 3.63) is 24.3 Å². The summed E-state index contributed by atoms with van der Waals surface area (Å²) in [5.74, 6) is -0.199. The second-order valence-corrected chi connectivity index (χ2v) is 6.33. The standard InChI is InChI=1S/C13H21N3O3S/c1-3-15-20(18,19)12-7-5-4-6-11(12)16-13(17)8-10(2)9-14/h4-7,10,15H,3,8-9,14H2,1-2H3,(H,16,17). The van der Waals surface area contributed by atoms with E-state index in [0.717, 1.165) is 0 Å². The molecule has 7 heteroatoms. The summed E-state index contributed by atoms with van der Waals surface area (Å²) in [6.07, 6.45) is 0.256. The SMILES string of the molecule is CCNS(=O)(=O)c1ccccc1NC(=O)CC(C)CN. The number of benzene rings is 1. The van der Waals surface area contributed by atoms with E-state index in [9.17, 15) is 13.2 Å². The molecular weight excluding hydrogens is 278 g/mol. The lowest BCUT2D eigenvalue weighted by Crippen LogP contribution is -2.25. The number of carbonyl (C=O) groups excluding carboxylic acids is 1. The monoisotopic (exact) mass is 299 g/mol. The van der Waals surface area contributed by atoms with Gasteiger partial charge in [-0.15, -0.1) is 0 Å². The van der Waals surface area contributed by atoms with E-state index in [1.807, 2.05) is 6.92 Å². The Labute approximate surface area is 119 Å². The summed E-state index contributed by atoms with van der Waals surface area (Å²) < 4.78 is 26.5. The first-order valence-electron chi connectivity index (χ1n) is 6.49. The highest BCUT2D eigenvalue weighted by atomic mass is 32.2. The predicted molar refractivity (Wildman–Crippen MR) is 78.8 cm³/mol. The van der Waals surface area contributed by atoms with Crippen LogP contribution < -0.4 is 15.8 Å². The van der Waals surface area contributed by atoms with Crippen LogP contribution in [-0.2, 0) is 14.8 Å². The third-order valence-electron chi connectivity index (χ3n) is 2.72. The molecule has 0 spiro atoms. The molecule has 0 aromatic heterocycles. The molecule has 0 radical (unpaired) electrons. The number of amides is 1. The van der Waals surface area contributed by atoms with E-state index in [0.29, 0.717) is 6.54 Å². The molecule has 6 nitrogen and oxygen atoms in total. The first-order chi connectivity index (χ1) is 9.40. The number of nitrogens with one attached hydrogen (secondary N) is 2. The quantitative estimate of drug-likeness (QED) is 0.696. The van der Waals surface area contributed by atoms with Gasteiger partial charge in [0.2, 0.25) is 15.9 Å². The highest BCUT2D eigenvalue weighted by molar-refractivity contribution is 7.89. The van der Waals surface area contributed by atoms with E-state index in [4.69, 9.17) is 5.73 Å². The number of hydrogen-bond donors (Lipinski definition) is 3. The molecule has 1 aromatic carbocycles. The smallest absolute Gasteiger partial charge is 0.242 e. The molecule has 20 heavy (non-hydrogen) atoms. The molecule has 0 heterocycles. The topological polar surface area (TPSA) is 101 Å². The Morgan fingerprint density at radius 2 is 2.00 bits per heavy atom. The van der Waals surface area contributed by atoms with Gasteiger partial charge in [0.25, 0.3) is 0 Å². The highest BCUT2D eigenvalue weighted by Gasteiger charge is 2.18. The zero-order valence-electron chi connectivity index (χ0n) is 11.7. The molecule has 4 N–H and O–H groups in total. The van der Waals surface area contributed by atoms with Crippen molar-refractivity contribution < 1.29 is 13.2 Å². The number of rotatable bonds is 7. The second-order valence-electron chi connectivity index (χ2n) is 4.59. The molecule has 1 unspecified atom stereocenters. The van der Waals surface area contributed by atoms with Gasteiger partial charge < -0.3 is 11.1 Å². The lowest BCUT2D eigenvalue weighted by atomic mass is 10.1. The molecule has 1 amide bonds. The maximum atomic E-state index is 12.0. The Morgan fingerprint density at radius 1 is 1.35 bits per heavy atom. The summed E-state index contributed by atoms with van der Waals surface area (Å²) in [6, 6.07) is 6.31. The summed E-state index contributed by atoms with van der Waals surface area (Å²) in [7, 11) is -3.61. The Bertz CT molecular complexity index is 558. The van der Waals surface area contributed by atoms with Crippen molar-refractivity contribution in [1.82, 2.24) is 4.72 Å². The summed E-state index contributed by atoms with van der Waals surface area (Å²) >= 11 is 0. The van der Waals surface area contributed by atoms with Gasteiger partial charge in [0.15, 0.2) is 0 Å². The van der Waals surface area contributed by atoms with Crippen LogP contribution in [0.15, 0.2) is 29.2 Å². The lowest BCUT2D eigenvalue weighted by molar-refractivity contribution is -0.116. The van der Waals surface area contributed by atoms with E-state index < -0.39 is 10.0 Å². The van der Waals surface area contributed by atoms with Crippen LogP contribution >= 0.6 is 0 Å². The molecule has 1 rings (SSSR count). The Hall–Kier alpha value is -1.44. The third kappa shape index (κ3) is 4.59. The third-order valence-corrected chi connectivity index (χ3v) is 4.32. The summed E-state index contributed by atoms with van der Waals surface area (Å²) in [6.45, 7) is 4.25. The van der Waals surface area contributed by atoms with Crippen LogP contribution in [0, 0.1) is 5.92 Å². The minimum absolute atomic E-state index is 0.0486. The van der Waals surface area contributed by atoms with Crippen LogP contribution in [0.2, 0.25) is 0 Å². The number of carbonyl (C=O) groups is 1. The van der Waals surface area contributed by atoms with Gasteiger partial charge in [0.1, 0.15) is 4.90 Å². The van der Waals surface area contributed by atoms with Crippen molar-refractivity contribution in [2.75, 3.05) is 18.4 Å². The maximum absolute atomic E-state index is 12.0. The van der Waals surface area contributed by atoms with Crippen LogP contribution in [0.5, 0.6) is 0 Å². The Morgan fingerprint density at radius 3 is 2.60 bits per heavy atom. The molecule has 0 bridgehead atoms. The second kappa shape index (κ2) is 7.37. The van der Waals surface area contributed by atoms with Crippen molar-refractivity contribution in [3.8, 4) is 0 Å². The molecule has 0 aliphatic heterocycles. The van der Waals surface area contributed by atoms with Crippen molar-refractivity contribution in [2.45, 2.75) is 25.2 Å². The van der Waals surface area contributed by atoms with Gasteiger partial charge >= 0.3 is 0 Å². The van der Waals surface area contributed by atoms with Gasteiger partial charge in [-0.05, 0) is 24.6 Å². The molecule has 0 saturated heterocycles. The fourth-order valence-corrected chi connectivity index (χ4v) is 2.87. The Balaban J connectivity index is 2.94. The first-order valence-corrected chi connectivity index (χ1v) is 7.97. The van der Waals surface area contributed by atoms with Gasteiger partial charge in [-0.1, -0.05) is 26.0 Å². The minimum atomic E-state index is -3.61. The fraction of sp³-hybridized carbons (Fsp3) is 0.462. The minimum Gasteiger partial charge on any atom is -0.330 e. The largest absolute Gasteiger partial charge is 0.330 e. The predicted octanol–water partition coefficient (Wildman–Crippen LogP) is 0.908. The van der Waals surface area contributed by atoms with Crippen molar-refractivity contribution >= 4 is 21.6 Å².